The number of amides is 1. The number of benzene rings is 2. The highest BCUT2D eigenvalue weighted by atomic mass is 16.7. The molecule has 2 aromatic heterocycles. The van der Waals surface area contributed by atoms with Gasteiger partial charge >= 0.3 is 0 Å². The predicted molar refractivity (Wildman–Crippen MR) is 127 cm³/mol. The molecule has 9 heteroatoms. The van der Waals surface area contributed by atoms with Gasteiger partial charge in [0.2, 0.25) is 6.79 Å². The highest BCUT2D eigenvalue weighted by Gasteiger charge is 2.15. The van der Waals surface area contributed by atoms with Crippen LogP contribution in [-0.4, -0.2) is 46.4 Å². The summed E-state index contributed by atoms with van der Waals surface area (Å²) in [6.45, 7) is 2.61. The summed E-state index contributed by atoms with van der Waals surface area (Å²) in [5.74, 6) is 2.15. The van der Waals surface area contributed by atoms with Gasteiger partial charge < -0.3 is 33.8 Å². The summed E-state index contributed by atoms with van der Waals surface area (Å²) in [5, 5.41) is 12.9. The van der Waals surface area contributed by atoms with E-state index in [4.69, 9.17) is 18.9 Å². The van der Waals surface area contributed by atoms with Crippen LogP contribution in [0.1, 0.15) is 21.6 Å². The largest absolute Gasteiger partial charge is 0.491 e. The van der Waals surface area contributed by atoms with E-state index in [1.807, 2.05) is 35.9 Å². The summed E-state index contributed by atoms with van der Waals surface area (Å²) < 4.78 is 23.9. The molecular weight excluding hydrogens is 450 g/mol. The van der Waals surface area contributed by atoms with Gasteiger partial charge in [-0.3, -0.25) is 4.79 Å². The molecule has 1 aliphatic rings. The number of fused-ring (bicyclic) bond motifs is 2. The molecule has 35 heavy (non-hydrogen) atoms. The number of aliphatic hydroxyl groups is 1. The van der Waals surface area contributed by atoms with Crippen molar-refractivity contribution in [2.24, 2.45) is 0 Å². The van der Waals surface area contributed by atoms with Gasteiger partial charge in [0.15, 0.2) is 11.5 Å². The van der Waals surface area contributed by atoms with Gasteiger partial charge in [0, 0.05) is 30.6 Å². The number of ether oxygens (including phenoxy) is 4. The van der Waals surface area contributed by atoms with Crippen molar-refractivity contribution < 1.29 is 28.8 Å². The van der Waals surface area contributed by atoms with Crippen LogP contribution < -0.4 is 24.3 Å². The van der Waals surface area contributed by atoms with Crippen molar-refractivity contribution in [3.63, 3.8) is 0 Å². The molecule has 1 unspecified atom stereocenters. The zero-order valence-corrected chi connectivity index (χ0v) is 19.1. The zero-order chi connectivity index (χ0) is 24.2. The number of nitrogens with one attached hydrogen (secondary N) is 1. The molecule has 9 nitrogen and oxygen atoms in total. The minimum absolute atomic E-state index is 0.0231. The molecule has 3 heterocycles. The number of aryl methyl sites for hydroxylation is 1. The minimum atomic E-state index is -0.874. The van der Waals surface area contributed by atoms with E-state index in [0.29, 0.717) is 35.2 Å². The Kier molecular flexibility index (Phi) is 6.40. The second kappa shape index (κ2) is 9.94. The van der Waals surface area contributed by atoms with Gasteiger partial charge in [0.25, 0.3) is 5.91 Å². The quantitative estimate of drug-likeness (QED) is 0.383. The maximum atomic E-state index is 12.4. The monoisotopic (exact) mass is 475 g/mol. The van der Waals surface area contributed by atoms with Gasteiger partial charge in [-0.1, -0.05) is 6.07 Å². The van der Waals surface area contributed by atoms with Crippen molar-refractivity contribution >= 4 is 11.6 Å². The molecule has 180 valence electrons. The molecule has 2 N–H and O–H groups in total. The van der Waals surface area contributed by atoms with Crippen LogP contribution in [0, 0.1) is 6.92 Å². The molecule has 0 saturated heterocycles. The van der Waals surface area contributed by atoms with Crippen molar-refractivity contribution in [1.82, 2.24) is 14.7 Å². The Balaban J connectivity index is 1.07. The smallest absolute Gasteiger partial charge is 0.251 e. The lowest BCUT2D eigenvalue weighted by Crippen LogP contribution is -2.35. The molecule has 1 amide bonds. The minimum Gasteiger partial charge on any atom is -0.491 e. The first kappa shape index (κ1) is 22.5. The predicted octanol–water partition coefficient (Wildman–Crippen LogP) is 3.12. The average Bonchev–Trinajstić information content (AvgIpc) is 3.51. The van der Waals surface area contributed by atoms with Crippen LogP contribution in [0.2, 0.25) is 0 Å². The second-order valence-corrected chi connectivity index (χ2v) is 8.21. The highest BCUT2D eigenvalue weighted by molar-refractivity contribution is 5.94. The Hall–Kier alpha value is -4.24. The number of hydrogen-bond acceptors (Lipinski definition) is 7. The van der Waals surface area contributed by atoms with E-state index >= 15 is 0 Å². The van der Waals surface area contributed by atoms with Crippen molar-refractivity contribution in [2.45, 2.75) is 19.6 Å². The second-order valence-electron chi connectivity index (χ2n) is 8.21. The van der Waals surface area contributed by atoms with E-state index in [1.54, 1.807) is 42.5 Å². The van der Waals surface area contributed by atoms with E-state index in [0.717, 1.165) is 16.9 Å². The molecule has 2 aromatic carbocycles. The number of imidazole rings is 1. The molecule has 0 aliphatic carbocycles. The van der Waals surface area contributed by atoms with E-state index in [1.165, 1.54) is 0 Å². The summed E-state index contributed by atoms with van der Waals surface area (Å²) in [6.07, 6.45) is 3.08. The first-order valence-electron chi connectivity index (χ1n) is 11.2. The van der Waals surface area contributed by atoms with Crippen LogP contribution in [0.15, 0.2) is 67.0 Å². The number of rotatable bonds is 9. The van der Waals surface area contributed by atoms with Crippen LogP contribution in [0.5, 0.6) is 23.0 Å². The molecule has 1 atom stereocenters. The Bertz CT molecular complexity index is 1330. The lowest BCUT2D eigenvalue weighted by molar-refractivity contribution is 0.0843. The number of carbonyl (C=O) groups is 1. The number of aromatic nitrogens is 2. The fourth-order valence-electron chi connectivity index (χ4n) is 3.62. The topological polar surface area (TPSA) is 104 Å². The van der Waals surface area contributed by atoms with E-state index in [-0.39, 0.29) is 25.9 Å². The standard InChI is InChI=1S/C26H25N3O6/c1-17-2-9-25-28-19(13-29(25)12-17)14-32-21-5-3-18(4-6-21)26(31)27-11-20(30)15-33-22-7-8-23-24(10-22)35-16-34-23/h2-10,12-13,20,30H,11,14-16H2,1H3,(H,27,31). The zero-order valence-electron chi connectivity index (χ0n) is 19.1. The number of nitrogens with zero attached hydrogens (tertiary/aromatic N) is 2. The SMILES string of the molecule is Cc1ccc2nc(COc3ccc(C(=O)NCC(O)COc4ccc5c(c4)OCO5)cc3)cn2c1. The third kappa shape index (κ3) is 5.47. The van der Waals surface area contributed by atoms with Crippen LogP contribution in [0.3, 0.4) is 0 Å². The summed E-state index contributed by atoms with van der Waals surface area (Å²) in [7, 11) is 0. The fraction of sp³-hybridized carbons (Fsp3) is 0.231. The molecule has 0 spiro atoms. The lowest BCUT2D eigenvalue weighted by atomic mass is 10.2. The summed E-state index contributed by atoms with van der Waals surface area (Å²) >= 11 is 0. The molecule has 0 saturated carbocycles. The van der Waals surface area contributed by atoms with Crippen LogP contribution in [0.25, 0.3) is 5.65 Å². The Morgan fingerprint density at radius 1 is 1.06 bits per heavy atom. The number of pyridine rings is 1. The number of aliphatic hydroxyl groups excluding tert-OH is 1. The Labute approximate surface area is 201 Å². The molecule has 0 fully saturated rings. The van der Waals surface area contributed by atoms with Gasteiger partial charge in [0.1, 0.15) is 36.5 Å². The number of carbonyl (C=O) groups excluding carboxylic acids is 1. The number of hydrogen-bond donors (Lipinski definition) is 2. The third-order valence-corrected chi connectivity index (χ3v) is 5.44. The van der Waals surface area contributed by atoms with Crippen molar-refractivity contribution in [3.8, 4) is 23.0 Å². The van der Waals surface area contributed by atoms with Gasteiger partial charge in [-0.25, -0.2) is 4.98 Å². The highest BCUT2D eigenvalue weighted by Crippen LogP contribution is 2.35. The Morgan fingerprint density at radius 2 is 1.86 bits per heavy atom. The lowest BCUT2D eigenvalue weighted by Gasteiger charge is -2.14. The molecule has 0 bridgehead atoms. The maximum absolute atomic E-state index is 12.4. The van der Waals surface area contributed by atoms with Crippen LogP contribution in [-0.2, 0) is 6.61 Å². The first-order valence-corrected chi connectivity index (χ1v) is 11.2. The van der Waals surface area contributed by atoms with Gasteiger partial charge in [-0.15, -0.1) is 0 Å². The summed E-state index contributed by atoms with van der Waals surface area (Å²) in [4.78, 5) is 17.0. The van der Waals surface area contributed by atoms with Crippen LogP contribution >= 0.6 is 0 Å². The summed E-state index contributed by atoms with van der Waals surface area (Å²) in [5.41, 5.74) is 3.30. The van der Waals surface area contributed by atoms with Crippen molar-refractivity contribution in [2.75, 3.05) is 19.9 Å². The third-order valence-electron chi connectivity index (χ3n) is 5.44. The normalized spacial score (nSPS) is 13.0. The molecule has 4 aromatic rings. The van der Waals surface area contributed by atoms with Gasteiger partial charge in [-0.05, 0) is 55.0 Å². The molecular formula is C26H25N3O6. The fourth-order valence-corrected chi connectivity index (χ4v) is 3.62. The van der Waals surface area contributed by atoms with Crippen molar-refractivity contribution in [3.05, 3.63) is 83.8 Å². The maximum Gasteiger partial charge on any atom is 0.251 e. The van der Waals surface area contributed by atoms with E-state index < -0.39 is 6.10 Å². The molecule has 0 radical (unpaired) electrons. The first-order chi connectivity index (χ1) is 17.0. The van der Waals surface area contributed by atoms with E-state index in [9.17, 15) is 9.90 Å². The van der Waals surface area contributed by atoms with Crippen molar-refractivity contribution in [1.29, 1.82) is 0 Å². The molecule has 5 rings (SSSR count). The average molecular weight is 476 g/mol. The van der Waals surface area contributed by atoms with Gasteiger partial charge in [0.05, 0.1) is 5.69 Å². The molecule has 1 aliphatic heterocycles. The van der Waals surface area contributed by atoms with E-state index in [2.05, 4.69) is 10.3 Å². The Morgan fingerprint density at radius 3 is 2.71 bits per heavy atom. The van der Waals surface area contributed by atoms with Gasteiger partial charge in [-0.2, -0.15) is 0 Å². The summed E-state index contributed by atoms with van der Waals surface area (Å²) in [6, 6.07) is 16.0. The van der Waals surface area contributed by atoms with Crippen LogP contribution in [0.4, 0.5) is 0 Å².